The molecule has 0 bridgehead atoms. The number of carboxylic acids is 1. The first kappa shape index (κ1) is 7.01. The highest BCUT2D eigenvalue weighted by Crippen LogP contribution is 1.92. The van der Waals surface area contributed by atoms with Gasteiger partial charge in [0, 0.05) is 0 Å². The minimum atomic E-state index is -0.975. The Morgan fingerprint density at radius 2 is 2.50 bits per heavy atom. The van der Waals surface area contributed by atoms with E-state index in [0.717, 1.165) is 0 Å². The van der Waals surface area contributed by atoms with E-state index in [9.17, 15) is 9.59 Å². The first-order chi connectivity index (χ1) is 4.70. The second kappa shape index (κ2) is 2.66. The van der Waals surface area contributed by atoms with E-state index in [1.807, 2.05) is 0 Å². The zero-order valence-corrected chi connectivity index (χ0v) is 5.33. The normalized spacial score (nSPS) is 18.0. The van der Waals surface area contributed by atoms with Crippen LogP contribution in [0.25, 0.3) is 0 Å². The molecule has 1 fully saturated rings. The summed E-state index contributed by atoms with van der Waals surface area (Å²) >= 11 is 0. The lowest BCUT2D eigenvalue weighted by molar-refractivity contribution is -0.142. The largest absolute Gasteiger partial charge is 0.480 e. The molecule has 5 nitrogen and oxygen atoms in total. The van der Waals surface area contributed by atoms with Gasteiger partial charge < -0.3 is 10.0 Å². The lowest BCUT2D eigenvalue weighted by Crippen LogP contribution is -2.31. The highest BCUT2D eigenvalue weighted by molar-refractivity contribution is 5.84. The molecule has 1 heterocycles. The van der Waals surface area contributed by atoms with Crippen LogP contribution in [0.15, 0.2) is 0 Å². The van der Waals surface area contributed by atoms with Crippen molar-refractivity contribution in [1.29, 1.82) is 0 Å². The summed E-state index contributed by atoms with van der Waals surface area (Å²) in [6.45, 7) is 0.407. The fourth-order valence-corrected chi connectivity index (χ4v) is 0.805. The average molecular weight is 144 g/mol. The Morgan fingerprint density at radius 1 is 1.80 bits per heavy atom. The van der Waals surface area contributed by atoms with Gasteiger partial charge in [-0.3, -0.25) is 14.9 Å². The van der Waals surface area contributed by atoms with Crippen molar-refractivity contribution in [3.63, 3.8) is 0 Å². The van der Waals surface area contributed by atoms with Crippen LogP contribution in [0.4, 0.5) is 0 Å². The number of rotatable bonds is 2. The molecule has 0 aliphatic carbocycles. The van der Waals surface area contributed by atoms with Crippen molar-refractivity contribution in [2.24, 2.45) is 0 Å². The third-order valence-electron chi connectivity index (χ3n) is 1.26. The first-order valence-electron chi connectivity index (χ1n) is 2.90. The Labute approximate surface area is 57.6 Å². The average Bonchev–Trinajstić information content (AvgIpc) is 2.15. The van der Waals surface area contributed by atoms with E-state index in [2.05, 4.69) is 5.32 Å². The van der Waals surface area contributed by atoms with Gasteiger partial charge in [-0.2, -0.15) is 0 Å². The number of carboxylic acid groups (broad SMARTS) is 1. The van der Waals surface area contributed by atoms with Crippen LogP contribution in [0.1, 0.15) is 0 Å². The van der Waals surface area contributed by atoms with Crippen LogP contribution in [0.3, 0.4) is 0 Å². The summed E-state index contributed by atoms with van der Waals surface area (Å²) in [5.41, 5.74) is 0. The Hall–Kier alpha value is -1.10. The fourth-order valence-electron chi connectivity index (χ4n) is 0.805. The molecular weight excluding hydrogens is 136 g/mol. The number of carbonyl (C=O) groups is 2. The number of amides is 1. The van der Waals surface area contributed by atoms with E-state index >= 15 is 0 Å². The van der Waals surface area contributed by atoms with Crippen molar-refractivity contribution in [1.82, 2.24) is 10.2 Å². The molecular formula is C5H8N2O3. The van der Waals surface area contributed by atoms with Gasteiger partial charge in [0.2, 0.25) is 5.91 Å². The minimum absolute atomic E-state index is 0.151. The Kier molecular flexibility index (Phi) is 1.86. The molecule has 0 aromatic rings. The van der Waals surface area contributed by atoms with Crippen molar-refractivity contribution in [3.05, 3.63) is 0 Å². The predicted octanol–water partition coefficient (Wildman–Crippen LogP) is -1.54. The molecule has 0 aromatic carbocycles. The van der Waals surface area contributed by atoms with Crippen LogP contribution in [0.2, 0.25) is 0 Å². The van der Waals surface area contributed by atoms with Crippen LogP contribution >= 0.6 is 0 Å². The molecule has 2 N–H and O–H groups in total. The molecule has 1 saturated heterocycles. The molecule has 0 radical (unpaired) electrons. The second-order valence-corrected chi connectivity index (χ2v) is 2.07. The van der Waals surface area contributed by atoms with E-state index in [1.165, 1.54) is 4.90 Å². The van der Waals surface area contributed by atoms with Crippen molar-refractivity contribution >= 4 is 11.9 Å². The summed E-state index contributed by atoms with van der Waals surface area (Å²) in [5.74, 6) is -1.13. The van der Waals surface area contributed by atoms with Crippen molar-refractivity contribution in [2.45, 2.75) is 0 Å². The smallest absolute Gasteiger partial charge is 0.323 e. The molecule has 56 valence electrons. The third-order valence-corrected chi connectivity index (χ3v) is 1.26. The molecule has 0 saturated carbocycles. The van der Waals surface area contributed by atoms with Crippen LogP contribution in [0.5, 0.6) is 0 Å². The molecule has 1 amide bonds. The molecule has 0 spiro atoms. The zero-order chi connectivity index (χ0) is 7.56. The van der Waals surface area contributed by atoms with Gasteiger partial charge in [0.25, 0.3) is 0 Å². The maximum atomic E-state index is 10.7. The first-order valence-corrected chi connectivity index (χ1v) is 2.90. The van der Waals surface area contributed by atoms with Crippen LogP contribution in [-0.2, 0) is 9.59 Å². The molecule has 0 aromatic heterocycles. The van der Waals surface area contributed by atoms with Crippen LogP contribution < -0.4 is 5.32 Å². The zero-order valence-electron chi connectivity index (χ0n) is 5.33. The van der Waals surface area contributed by atoms with Gasteiger partial charge in [0.05, 0.1) is 13.2 Å². The van der Waals surface area contributed by atoms with E-state index in [1.54, 1.807) is 0 Å². The maximum Gasteiger partial charge on any atom is 0.323 e. The Balaban J connectivity index is 2.40. The van der Waals surface area contributed by atoms with E-state index < -0.39 is 5.97 Å². The van der Waals surface area contributed by atoms with Gasteiger partial charge >= 0.3 is 5.97 Å². The maximum absolute atomic E-state index is 10.7. The van der Waals surface area contributed by atoms with Crippen LogP contribution in [-0.4, -0.2) is 41.6 Å². The lowest BCUT2D eigenvalue weighted by atomic mass is 10.5. The summed E-state index contributed by atoms with van der Waals surface area (Å²) in [7, 11) is 0. The molecule has 5 heteroatoms. The molecule has 1 aliphatic rings. The summed E-state index contributed by atoms with van der Waals surface area (Å²) in [4.78, 5) is 22.0. The number of aliphatic carboxylic acids is 1. The fraction of sp³-hybridized carbons (Fsp3) is 0.600. The SMILES string of the molecule is O=C(O)CN1CNCC1=O. The summed E-state index contributed by atoms with van der Waals surface area (Å²) in [6.07, 6.45) is 0. The van der Waals surface area contributed by atoms with Crippen molar-refractivity contribution < 1.29 is 14.7 Å². The quantitative estimate of drug-likeness (QED) is 0.492. The van der Waals surface area contributed by atoms with Crippen molar-refractivity contribution in [3.8, 4) is 0 Å². The number of hydrogen-bond donors (Lipinski definition) is 2. The number of nitrogens with zero attached hydrogens (tertiary/aromatic N) is 1. The van der Waals surface area contributed by atoms with Gasteiger partial charge in [0.15, 0.2) is 0 Å². The molecule has 1 rings (SSSR count). The van der Waals surface area contributed by atoms with Crippen LogP contribution in [0, 0.1) is 0 Å². The Morgan fingerprint density at radius 3 is 2.90 bits per heavy atom. The highest BCUT2D eigenvalue weighted by atomic mass is 16.4. The van der Waals surface area contributed by atoms with Gasteiger partial charge in [-0.25, -0.2) is 0 Å². The van der Waals surface area contributed by atoms with Gasteiger partial charge in [-0.05, 0) is 0 Å². The molecule has 1 aliphatic heterocycles. The van der Waals surface area contributed by atoms with Gasteiger partial charge in [-0.1, -0.05) is 0 Å². The lowest BCUT2D eigenvalue weighted by Gasteiger charge is -2.09. The number of hydrogen-bond acceptors (Lipinski definition) is 3. The topological polar surface area (TPSA) is 69.6 Å². The summed E-state index contributed by atoms with van der Waals surface area (Å²) < 4.78 is 0. The summed E-state index contributed by atoms with van der Waals surface area (Å²) in [6, 6.07) is 0. The van der Waals surface area contributed by atoms with Gasteiger partial charge in [-0.15, -0.1) is 0 Å². The highest BCUT2D eigenvalue weighted by Gasteiger charge is 2.20. The van der Waals surface area contributed by atoms with Crippen molar-refractivity contribution in [2.75, 3.05) is 19.8 Å². The molecule has 10 heavy (non-hydrogen) atoms. The predicted molar refractivity (Wildman–Crippen MR) is 32.2 cm³/mol. The van der Waals surface area contributed by atoms with E-state index in [0.29, 0.717) is 6.67 Å². The monoisotopic (exact) mass is 144 g/mol. The third kappa shape index (κ3) is 1.44. The number of nitrogens with one attached hydrogen (secondary N) is 1. The molecule has 0 unspecified atom stereocenters. The minimum Gasteiger partial charge on any atom is -0.480 e. The number of carbonyl (C=O) groups excluding carboxylic acids is 1. The second-order valence-electron chi connectivity index (χ2n) is 2.07. The van der Waals surface area contributed by atoms with E-state index in [4.69, 9.17) is 5.11 Å². The summed E-state index contributed by atoms with van der Waals surface area (Å²) in [5, 5.41) is 11.0. The van der Waals surface area contributed by atoms with E-state index in [-0.39, 0.29) is 19.0 Å². The standard InChI is InChI=1S/C5H8N2O3/c8-4-1-6-3-7(4)2-5(9)10/h6H,1-3H2,(H,9,10). The van der Waals surface area contributed by atoms with Gasteiger partial charge in [0.1, 0.15) is 6.54 Å². The molecule has 0 atom stereocenters. The Bertz CT molecular complexity index is 168.